The zero-order valence-corrected chi connectivity index (χ0v) is 12.2. The lowest BCUT2D eigenvalue weighted by atomic mass is 10.1. The molecule has 1 aromatic heterocycles. The van der Waals surface area contributed by atoms with E-state index in [9.17, 15) is 0 Å². The first-order chi connectivity index (χ1) is 8.15. The second-order valence-electron chi connectivity index (χ2n) is 4.62. The summed E-state index contributed by atoms with van der Waals surface area (Å²) in [6.07, 6.45) is 5.04. The van der Waals surface area contributed by atoms with Crippen molar-refractivity contribution in [3.8, 4) is 0 Å². The lowest BCUT2D eigenvalue weighted by Crippen LogP contribution is -2.25. The predicted octanol–water partition coefficient (Wildman–Crippen LogP) is 3.57. The third-order valence-electron chi connectivity index (χ3n) is 2.69. The summed E-state index contributed by atoms with van der Waals surface area (Å²) in [5, 5.41) is 4.30. The molecule has 17 heavy (non-hydrogen) atoms. The molecule has 2 nitrogen and oxygen atoms in total. The van der Waals surface area contributed by atoms with Gasteiger partial charge in [0.15, 0.2) is 0 Å². The summed E-state index contributed by atoms with van der Waals surface area (Å²) in [5.41, 5.74) is 2.67. The smallest absolute Gasteiger partial charge is 0.0429 e. The summed E-state index contributed by atoms with van der Waals surface area (Å²) in [7, 11) is 0. The second-order valence-corrected chi connectivity index (χ2v) is 6.23. The van der Waals surface area contributed by atoms with Crippen LogP contribution in [0.25, 0.3) is 0 Å². The van der Waals surface area contributed by atoms with Crippen molar-refractivity contribution in [2.45, 2.75) is 45.4 Å². The average Bonchev–Trinajstić information content (AvgIpc) is 2.30. The van der Waals surface area contributed by atoms with Crippen LogP contribution in [0.1, 0.15) is 44.4 Å². The number of nitrogens with zero attached hydrogens (tertiary/aromatic N) is 1. The van der Waals surface area contributed by atoms with Gasteiger partial charge >= 0.3 is 0 Å². The lowest BCUT2D eigenvalue weighted by Gasteiger charge is -2.21. The predicted molar refractivity (Wildman–Crippen MR) is 77.6 cm³/mol. The van der Waals surface area contributed by atoms with E-state index in [1.165, 1.54) is 17.5 Å². The molecule has 0 aromatic carbocycles. The van der Waals surface area contributed by atoms with Crippen molar-refractivity contribution in [1.29, 1.82) is 0 Å². The fourth-order valence-corrected chi connectivity index (χ4v) is 2.58. The number of aromatic nitrogens is 1. The van der Waals surface area contributed by atoms with E-state index in [2.05, 4.69) is 44.1 Å². The molecular formula is C14H24N2S. The fraction of sp³-hybridized carbons (Fsp3) is 0.643. The molecule has 1 aromatic rings. The highest BCUT2D eigenvalue weighted by Crippen LogP contribution is 2.23. The molecule has 0 saturated heterocycles. The molecule has 96 valence electrons. The quantitative estimate of drug-likeness (QED) is 0.803. The van der Waals surface area contributed by atoms with Gasteiger partial charge in [0.25, 0.3) is 0 Å². The average molecular weight is 252 g/mol. The van der Waals surface area contributed by atoms with Gasteiger partial charge in [-0.15, -0.1) is 0 Å². The molecule has 1 heterocycles. The number of pyridine rings is 1. The maximum absolute atomic E-state index is 4.25. The van der Waals surface area contributed by atoms with Crippen LogP contribution in [0.4, 0.5) is 0 Å². The van der Waals surface area contributed by atoms with Crippen molar-refractivity contribution in [2.75, 3.05) is 12.3 Å². The molecule has 1 unspecified atom stereocenters. The van der Waals surface area contributed by atoms with Gasteiger partial charge in [-0.2, -0.15) is 11.8 Å². The summed E-state index contributed by atoms with van der Waals surface area (Å²) in [4.78, 5) is 4.25. The Morgan fingerprint density at radius 2 is 2.18 bits per heavy atom. The van der Waals surface area contributed by atoms with Crippen molar-refractivity contribution in [2.24, 2.45) is 0 Å². The third-order valence-corrected chi connectivity index (χ3v) is 3.88. The van der Waals surface area contributed by atoms with Crippen molar-refractivity contribution in [3.05, 3.63) is 29.6 Å². The van der Waals surface area contributed by atoms with Crippen LogP contribution in [0.3, 0.4) is 0 Å². The van der Waals surface area contributed by atoms with Crippen LogP contribution >= 0.6 is 11.8 Å². The maximum atomic E-state index is 4.25. The third kappa shape index (κ3) is 5.09. The number of thioether (sulfide) groups is 1. The highest BCUT2D eigenvalue weighted by molar-refractivity contribution is 7.99. The van der Waals surface area contributed by atoms with E-state index in [0.717, 1.165) is 12.3 Å². The Labute approximate surface area is 110 Å². The lowest BCUT2D eigenvalue weighted by molar-refractivity contribution is 0.573. The Morgan fingerprint density at radius 1 is 1.41 bits per heavy atom. The second kappa shape index (κ2) is 7.72. The van der Waals surface area contributed by atoms with E-state index in [0.29, 0.717) is 11.3 Å². The number of hydrogen-bond donors (Lipinski definition) is 1. The van der Waals surface area contributed by atoms with Gasteiger partial charge in [-0.3, -0.25) is 4.98 Å². The van der Waals surface area contributed by atoms with Gasteiger partial charge < -0.3 is 5.32 Å². The summed E-state index contributed by atoms with van der Waals surface area (Å²) < 4.78 is 0. The Kier molecular flexibility index (Phi) is 6.60. The van der Waals surface area contributed by atoms with Gasteiger partial charge in [-0.1, -0.05) is 20.8 Å². The standard InChI is InChI=1S/C14H24N2S/c1-5-7-16-14(10-17-11(2)3)13-9-15-8-6-12(13)4/h6,8-9,11,14,16H,5,7,10H2,1-4H3. The molecule has 1 N–H and O–H groups in total. The largest absolute Gasteiger partial charge is 0.309 e. The van der Waals surface area contributed by atoms with Crippen molar-refractivity contribution >= 4 is 11.8 Å². The first-order valence-corrected chi connectivity index (χ1v) is 7.45. The first kappa shape index (κ1) is 14.5. The Hall–Kier alpha value is -0.540. The summed E-state index contributed by atoms with van der Waals surface area (Å²) in [5.74, 6) is 1.12. The Balaban J connectivity index is 2.71. The van der Waals surface area contributed by atoms with E-state index < -0.39 is 0 Å². The van der Waals surface area contributed by atoms with Gasteiger partial charge in [-0.25, -0.2) is 0 Å². The number of hydrogen-bond acceptors (Lipinski definition) is 3. The van der Waals surface area contributed by atoms with Crippen LogP contribution in [0.5, 0.6) is 0 Å². The molecule has 0 radical (unpaired) electrons. The summed E-state index contributed by atoms with van der Waals surface area (Å²) in [6.45, 7) is 9.93. The molecule has 0 amide bonds. The molecule has 0 aliphatic rings. The molecule has 0 bridgehead atoms. The van der Waals surface area contributed by atoms with Crippen LogP contribution in [-0.4, -0.2) is 22.5 Å². The minimum atomic E-state index is 0.427. The number of rotatable bonds is 7. The molecule has 0 aliphatic heterocycles. The topological polar surface area (TPSA) is 24.9 Å². The van der Waals surface area contributed by atoms with Gasteiger partial charge in [0.1, 0.15) is 0 Å². The molecule has 0 spiro atoms. The van der Waals surface area contributed by atoms with Crippen LogP contribution in [-0.2, 0) is 0 Å². The highest BCUT2D eigenvalue weighted by Gasteiger charge is 2.13. The van der Waals surface area contributed by atoms with Gasteiger partial charge in [-0.05, 0) is 42.3 Å². The summed E-state index contributed by atoms with van der Waals surface area (Å²) in [6, 6.07) is 2.52. The van der Waals surface area contributed by atoms with Crippen molar-refractivity contribution in [1.82, 2.24) is 10.3 Å². The van der Waals surface area contributed by atoms with Crippen LogP contribution < -0.4 is 5.32 Å². The first-order valence-electron chi connectivity index (χ1n) is 6.40. The zero-order chi connectivity index (χ0) is 12.7. The molecule has 1 atom stereocenters. The van der Waals surface area contributed by atoms with E-state index in [-0.39, 0.29) is 0 Å². The normalized spacial score (nSPS) is 13.0. The van der Waals surface area contributed by atoms with Gasteiger partial charge in [0, 0.05) is 24.2 Å². The van der Waals surface area contributed by atoms with E-state index in [1.54, 1.807) is 0 Å². The molecule has 0 aliphatic carbocycles. The van der Waals surface area contributed by atoms with Crippen LogP contribution in [0, 0.1) is 6.92 Å². The fourth-order valence-electron chi connectivity index (χ4n) is 1.71. The van der Waals surface area contributed by atoms with E-state index in [1.807, 2.05) is 24.2 Å². The molecule has 0 saturated carbocycles. The maximum Gasteiger partial charge on any atom is 0.0429 e. The summed E-state index contributed by atoms with van der Waals surface area (Å²) >= 11 is 2.00. The van der Waals surface area contributed by atoms with Crippen molar-refractivity contribution < 1.29 is 0 Å². The molecular weight excluding hydrogens is 228 g/mol. The number of aryl methyl sites for hydroxylation is 1. The number of nitrogens with one attached hydrogen (secondary N) is 1. The Morgan fingerprint density at radius 3 is 2.76 bits per heavy atom. The SMILES string of the molecule is CCCNC(CSC(C)C)c1cnccc1C. The van der Waals surface area contributed by atoms with Crippen molar-refractivity contribution in [3.63, 3.8) is 0 Å². The minimum Gasteiger partial charge on any atom is -0.309 e. The van der Waals surface area contributed by atoms with E-state index in [4.69, 9.17) is 0 Å². The minimum absolute atomic E-state index is 0.427. The van der Waals surface area contributed by atoms with Gasteiger partial charge in [0.05, 0.1) is 0 Å². The van der Waals surface area contributed by atoms with Gasteiger partial charge in [0.2, 0.25) is 0 Å². The van der Waals surface area contributed by atoms with Crippen LogP contribution in [0.2, 0.25) is 0 Å². The highest BCUT2D eigenvalue weighted by atomic mass is 32.2. The molecule has 0 fully saturated rings. The van der Waals surface area contributed by atoms with Crippen LogP contribution in [0.15, 0.2) is 18.5 Å². The zero-order valence-electron chi connectivity index (χ0n) is 11.4. The monoisotopic (exact) mass is 252 g/mol. The Bertz CT molecular complexity index is 326. The molecule has 3 heteroatoms. The van der Waals surface area contributed by atoms with E-state index >= 15 is 0 Å². The molecule has 1 rings (SSSR count).